The summed E-state index contributed by atoms with van der Waals surface area (Å²) in [6.45, 7) is 0. The fourth-order valence-corrected chi connectivity index (χ4v) is 0.734. The van der Waals surface area contributed by atoms with Crippen LogP contribution in [-0.2, 0) is 0 Å². The lowest BCUT2D eigenvalue weighted by Crippen LogP contribution is -2.17. The monoisotopic (exact) mass is 204 g/mol. The number of rotatable bonds is 1. The van der Waals surface area contributed by atoms with E-state index in [2.05, 4.69) is 11.4 Å². The molecule has 1 N–H and O–H groups in total. The average Bonchev–Trinajstić information content (AvgIpc) is 2.30. The predicted octanol–water partition coefficient (Wildman–Crippen LogP) is 1.18. The number of nitrogens with one attached hydrogen (secondary N) is 1. The molecule has 0 unspecified atom stereocenters. The fourth-order valence-electron chi connectivity index (χ4n) is 0.734. The summed E-state index contributed by atoms with van der Waals surface area (Å²) >= 11 is 0. The normalized spacial score (nSPS) is 7.87. The second-order valence-electron chi connectivity index (χ2n) is 2.97. The highest BCUT2D eigenvalue weighted by Gasteiger charge is 1.97. The third-order valence-electron chi connectivity index (χ3n) is 1.52. The van der Waals surface area contributed by atoms with Crippen molar-refractivity contribution >= 4 is 5.91 Å². The van der Waals surface area contributed by atoms with Gasteiger partial charge >= 0.3 is 0 Å². The van der Waals surface area contributed by atoms with Crippen molar-refractivity contribution in [2.45, 2.75) is 0 Å². The topological polar surface area (TPSA) is 32.3 Å². The second-order valence-corrected chi connectivity index (χ2v) is 2.97. The van der Waals surface area contributed by atoms with Crippen molar-refractivity contribution < 1.29 is 4.79 Å². The lowest BCUT2D eigenvalue weighted by Gasteiger charge is -1.96. The second kappa shape index (κ2) is 7.45. The van der Waals surface area contributed by atoms with Crippen LogP contribution < -0.4 is 5.32 Å². The summed E-state index contributed by atoms with van der Waals surface area (Å²) in [5, 5.41) is 2.54. The van der Waals surface area contributed by atoms with Gasteiger partial charge in [0.25, 0.3) is 5.91 Å². The molecule has 0 saturated carbocycles. The third kappa shape index (κ3) is 6.17. The van der Waals surface area contributed by atoms with Gasteiger partial charge in [0.1, 0.15) is 0 Å². The quantitative estimate of drug-likeness (QED) is 0.550. The molecule has 0 heterocycles. The average molecular weight is 204 g/mol. The first-order chi connectivity index (χ1) is 7.11. The molecule has 0 bridgehead atoms. The van der Waals surface area contributed by atoms with E-state index in [9.17, 15) is 4.79 Å². The maximum absolute atomic E-state index is 10.9. The lowest BCUT2D eigenvalue weighted by atomic mass is 10.2. The fraction of sp³-hybridized carbons (Fsp3) is 0.250. The maximum atomic E-state index is 10.9. The van der Waals surface area contributed by atoms with Crippen molar-refractivity contribution in [2.24, 2.45) is 0 Å². The highest BCUT2D eigenvalue weighted by molar-refractivity contribution is 5.93. The Morgan fingerprint density at radius 2 is 1.80 bits per heavy atom. The van der Waals surface area contributed by atoms with Gasteiger partial charge in [-0.05, 0) is 12.1 Å². The van der Waals surface area contributed by atoms with Crippen LogP contribution in [0.4, 0.5) is 0 Å². The van der Waals surface area contributed by atoms with Crippen molar-refractivity contribution in [1.82, 2.24) is 10.2 Å². The van der Waals surface area contributed by atoms with Crippen LogP contribution in [0.1, 0.15) is 10.4 Å². The summed E-state index contributed by atoms with van der Waals surface area (Å²) in [7, 11) is 5.26. The molecule has 0 fully saturated rings. The minimum atomic E-state index is -0.0411. The van der Waals surface area contributed by atoms with Crippen LogP contribution in [0.25, 0.3) is 0 Å². The number of benzene rings is 1. The molecule has 80 valence electrons. The molecule has 0 aliphatic rings. The molecule has 0 saturated heterocycles. The van der Waals surface area contributed by atoms with Crippen molar-refractivity contribution in [3.8, 4) is 12.5 Å². The van der Waals surface area contributed by atoms with Crippen LogP contribution in [0.5, 0.6) is 0 Å². The molecule has 1 rings (SSSR count). The molecule has 0 aliphatic heterocycles. The van der Waals surface area contributed by atoms with Crippen LogP contribution in [0.15, 0.2) is 30.3 Å². The van der Waals surface area contributed by atoms with Gasteiger partial charge in [0.15, 0.2) is 0 Å². The van der Waals surface area contributed by atoms with E-state index < -0.39 is 0 Å². The van der Waals surface area contributed by atoms with Gasteiger partial charge in [-0.25, -0.2) is 0 Å². The summed E-state index contributed by atoms with van der Waals surface area (Å²) in [6.07, 6.45) is 4.85. The minimum absolute atomic E-state index is 0.0411. The third-order valence-corrected chi connectivity index (χ3v) is 1.52. The largest absolute Gasteiger partial charge is 0.355 e. The van der Waals surface area contributed by atoms with Crippen LogP contribution in [0.2, 0.25) is 0 Å². The van der Waals surface area contributed by atoms with Crippen LogP contribution >= 0.6 is 0 Å². The minimum Gasteiger partial charge on any atom is -0.355 e. The maximum Gasteiger partial charge on any atom is 0.251 e. The Morgan fingerprint density at radius 3 is 2.13 bits per heavy atom. The van der Waals surface area contributed by atoms with Gasteiger partial charge in [-0.15, -0.1) is 0 Å². The van der Waals surface area contributed by atoms with Crippen molar-refractivity contribution in [2.75, 3.05) is 21.1 Å². The van der Waals surface area contributed by atoms with E-state index in [1.54, 1.807) is 24.1 Å². The van der Waals surface area contributed by atoms with Crippen molar-refractivity contribution in [1.29, 1.82) is 0 Å². The Balaban J connectivity index is 0.000000336. The molecule has 15 heavy (non-hydrogen) atoms. The molecular formula is C12H16N2O. The van der Waals surface area contributed by atoms with E-state index in [0.29, 0.717) is 5.56 Å². The molecule has 0 aromatic heterocycles. The van der Waals surface area contributed by atoms with E-state index in [1.165, 1.54) is 0 Å². The Kier molecular flexibility index (Phi) is 6.48. The highest BCUT2D eigenvalue weighted by atomic mass is 16.1. The summed E-state index contributed by atoms with van der Waals surface area (Å²) in [5.41, 5.74) is 0.699. The highest BCUT2D eigenvalue weighted by Crippen LogP contribution is 1.96. The number of hydrogen-bond acceptors (Lipinski definition) is 2. The summed E-state index contributed by atoms with van der Waals surface area (Å²) in [5.74, 6) is -0.0411. The Hall–Kier alpha value is -1.95. The molecule has 0 spiro atoms. The van der Waals surface area contributed by atoms with Gasteiger partial charge < -0.3 is 10.2 Å². The number of hydrogen-bond donors (Lipinski definition) is 1. The number of carbonyl (C=O) groups is 1. The van der Waals surface area contributed by atoms with Gasteiger partial charge in [0.2, 0.25) is 0 Å². The van der Waals surface area contributed by atoms with Gasteiger partial charge in [-0.3, -0.25) is 4.79 Å². The molecule has 0 atom stereocenters. The van der Waals surface area contributed by atoms with E-state index in [0.717, 1.165) is 0 Å². The SMILES string of the molecule is C#CN(C)C.CNC(=O)c1ccccc1. The van der Waals surface area contributed by atoms with Crippen LogP contribution in [-0.4, -0.2) is 32.0 Å². The van der Waals surface area contributed by atoms with Gasteiger partial charge in [0, 0.05) is 32.8 Å². The Bertz CT molecular complexity index is 325. The summed E-state index contributed by atoms with van der Waals surface area (Å²) < 4.78 is 0. The predicted molar refractivity (Wildman–Crippen MR) is 62.4 cm³/mol. The molecule has 1 aromatic carbocycles. The molecule has 0 aliphatic carbocycles. The van der Waals surface area contributed by atoms with E-state index in [4.69, 9.17) is 6.42 Å². The molecule has 3 heteroatoms. The molecule has 3 nitrogen and oxygen atoms in total. The van der Waals surface area contributed by atoms with Gasteiger partial charge in [-0.2, -0.15) is 0 Å². The first-order valence-corrected chi connectivity index (χ1v) is 4.52. The molecular weight excluding hydrogens is 188 g/mol. The Morgan fingerprint density at radius 1 is 1.33 bits per heavy atom. The molecule has 1 aromatic rings. The smallest absolute Gasteiger partial charge is 0.251 e. The van der Waals surface area contributed by atoms with Crippen molar-refractivity contribution in [3.63, 3.8) is 0 Å². The summed E-state index contributed by atoms with van der Waals surface area (Å²) in [6, 6.07) is 11.5. The van der Waals surface area contributed by atoms with Crippen LogP contribution in [0.3, 0.4) is 0 Å². The number of carbonyl (C=O) groups excluding carboxylic acids is 1. The first-order valence-electron chi connectivity index (χ1n) is 4.52. The zero-order valence-electron chi connectivity index (χ0n) is 9.32. The van der Waals surface area contributed by atoms with E-state index in [1.807, 2.05) is 32.3 Å². The molecule has 0 radical (unpaired) electrons. The number of terminal acetylenes is 1. The zero-order valence-corrected chi connectivity index (χ0v) is 9.32. The standard InChI is InChI=1S/C8H9NO.C4H7N/c1-9-8(10)7-5-3-2-4-6-7;1-4-5(2)3/h2-6H,1H3,(H,9,10);1H,2-3H3. The molecule has 1 amide bonds. The van der Waals surface area contributed by atoms with Crippen LogP contribution in [0, 0.1) is 12.5 Å². The van der Waals surface area contributed by atoms with E-state index in [-0.39, 0.29) is 5.91 Å². The zero-order chi connectivity index (χ0) is 11.7. The first kappa shape index (κ1) is 13.1. The summed E-state index contributed by atoms with van der Waals surface area (Å²) in [4.78, 5) is 12.6. The Labute approximate surface area is 91.1 Å². The van der Waals surface area contributed by atoms with Gasteiger partial charge in [-0.1, -0.05) is 24.6 Å². The number of nitrogens with zero attached hydrogens (tertiary/aromatic N) is 1. The van der Waals surface area contributed by atoms with Crippen molar-refractivity contribution in [3.05, 3.63) is 35.9 Å². The lowest BCUT2D eigenvalue weighted by molar-refractivity contribution is 0.0963. The van der Waals surface area contributed by atoms with E-state index >= 15 is 0 Å². The number of amides is 1. The van der Waals surface area contributed by atoms with Gasteiger partial charge in [0.05, 0.1) is 0 Å².